The van der Waals surface area contributed by atoms with Crippen LogP contribution in [0.4, 0.5) is 16.2 Å². The highest BCUT2D eigenvalue weighted by atomic mass is 16.6. The van der Waals surface area contributed by atoms with Crippen LogP contribution in [0.15, 0.2) is 48.5 Å². The number of nitrogens with one attached hydrogen (secondary N) is 2. The molecule has 0 aliphatic heterocycles. The van der Waals surface area contributed by atoms with Crippen LogP contribution in [0.1, 0.15) is 31.9 Å². The fourth-order valence-corrected chi connectivity index (χ4v) is 2.41. The summed E-state index contributed by atoms with van der Waals surface area (Å²) in [6, 6.07) is 13.9. The normalized spacial score (nSPS) is 12.1. The Morgan fingerprint density at radius 2 is 1.63 bits per heavy atom. The van der Waals surface area contributed by atoms with Gasteiger partial charge in [-0.15, -0.1) is 0 Å². The standard InChI is InChI=1S/C21H27N3O3/c1-14-5-11-17(12-6-14)23-19(25)18(24-20(26)27-21(2,3)4)13-15-7-9-16(22)10-8-15/h5-12,18H,13,22H2,1-4H3,(H,23,25)(H,24,26). The Morgan fingerprint density at radius 3 is 2.19 bits per heavy atom. The zero-order valence-electron chi connectivity index (χ0n) is 16.2. The highest BCUT2D eigenvalue weighted by Gasteiger charge is 2.24. The summed E-state index contributed by atoms with van der Waals surface area (Å²) in [4.78, 5) is 24.9. The maximum absolute atomic E-state index is 12.8. The Morgan fingerprint density at radius 1 is 1.04 bits per heavy atom. The van der Waals surface area contributed by atoms with Crippen LogP contribution in [0.5, 0.6) is 0 Å². The minimum atomic E-state index is -0.787. The number of ether oxygens (including phenoxy) is 1. The molecule has 0 fully saturated rings. The van der Waals surface area contributed by atoms with Crippen LogP contribution < -0.4 is 16.4 Å². The van der Waals surface area contributed by atoms with Crippen molar-refractivity contribution in [1.82, 2.24) is 5.32 Å². The molecule has 144 valence electrons. The van der Waals surface area contributed by atoms with Gasteiger partial charge in [0, 0.05) is 17.8 Å². The minimum Gasteiger partial charge on any atom is -0.444 e. The van der Waals surface area contributed by atoms with Crippen molar-refractivity contribution in [3.8, 4) is 0 Å². The van der Waals surface area contributed by atoms with Gasteiger partial charge in [0.25, 0.3) is 0 Å². The van der Waals surface area contributed by atoms with Gasteiger partial charge in [-0.1, -0.05) is 29.8 Å². The molecule has 27 heavy (non-hydrogen) atoms. The van der Waals surface area contributed by atoms with Gasteiger partial charge < -0.3 is 21.1 Å². The van der Waals surface area contributed by atoms with E-state index in [0.29, 0.717) is 17.8 Å². The van der Waals surface area contributed by atoms with E-state index >= 15 is 0 Å². The SMILES string of the molecule is Cc1ccc(NC(=O)C(Cc2ccc(N)cc2)NC(=O)OC(C)(C)C)cc1. The number of rotatable bonds is 5. The predicted molar refractivity (Wildman–Crippen MR) is 108 cm³/mol. The second-order valence-electron chi connectivity index (χ2n) is 7.50. The van der Waals surface area contributed by atoms with E-state index in [1.165, 1.54) is 0 Å². The summed E-state index contributed by atoms with van der Waals surface area (Å²) in [5.41, 5.74) is 8.34. The Labute approximate surface area is 160 Å². The van der Waals surface area contributed by atoms with E-state index in [4.69, 9.17) is 10.5 Å². The maximum atomic E-state index is 12.8. The fraction of sp³-hybridized carbons (Fsp3) is 0.333. The molecule has 4 N–H and O–H groups in total. The first-order valence-electron chi connectivity index (χ1n) is 8.84. The minimum absolute atomic E-state index is 0.317. The molecular weight excluding hydrogens is 342 g/mol. The average Bonchev–Trinajstić information content (AvgIpc) is 2.56. The first kappa shape index (κ1) is 20.3. The molecule has 1 atom stereocenters. The maximum Gasteiger partial charge on any atom is 0.408 e. The van der Waals surface area contributed by atoms with Crippen LogP contribution in [0.3, 0.4) is 0 Å². The molecule has 0 saturated heterocycles. The van der Waals surface area contributed by atoms with Crippen molar-refractivity contribution in [2.24, 2.45) is 0 Å². The number of amides is 2. The molecule has 0 spiro atoms. The van der Waals surface area contributed by atoms with Gasteiger partial charge in [-0.2, -0.15) is 0 Å². The number of nitrogens with two attached hydrogens (primary N) is 1. The predicted octanol–water partition coefficient (Wildman–Crippen LogP) is 3.65. The number of aryl methyl sites for hydroxylation is 1. The van der Waals surface area contributed by atoms with E-state index in [9.17, 15) is 9.59 Å². The molecule has 0 aliphatic carbocycles. The third kappa shape index (κ3) is 7.01. The number of hydrogen-bond donors (Lipinski definition) is 3. The van der Waals surface area contributed by atoms with Crippen LogP contribution in [0.25, 0.3) is 0 Å². The van der Waals surface area contributed by atoms with Gasteiger partial charge in [0.2, 0.25) is 5.91 Å². The van der Waals surface area contributed by atoms with Gasteiger partial charge in [0.1, 0.15) is 11.6 Å². The smallest absolute Gasteiger partial charge is 0.408 e. The fourth-order valence-electron chi connectivity index (χ4n) is 2.41. The lowest BCUT2D eigenvalue weighted by molar-refractivity contribution is -0.118. The van der Waals surface area contributed by atoms with Gasteiger partial charge in [0.15, 0.2) is 0 Å². The number of hydrogen-bond acceptors (Lipinski definition) is 4. The van der Waals surface area contributed by atoms with Crippen molar-refractivity contribution in [2.75, 3.05) is 11.1 Å². The molecule has 2 amide bonds. The Balaban J connectivity index is 2.13. The molecule has 1 unspecified atom stereocenters. The first-order chi connectivity index (χ1) is 12.6. The molecule has 0 aromatic heterocycles. The van der Waals surface area contributed by atoms with Crippen molar-refractivity contribution in [3.63, 3.8) is 0 Å². The molecule has 6 nitrogen and oxygen atoms in total. The molecule has 6 heteroatoms. The summed E-state index contributed by atoms with van der Waals surface area (Å²) in [5, 5.41) is 5.50. The van der Waals surface area contributed by atoms with Gasteiger partial charge in [0.05, 0.1) is 0 Å². The second-order valence-corrected chi connectivity index (χ2v) is 7.50. The quantitative estimate of drug-likeness (QED) is 0.701. The lowest BCUT2D eigenvalue weighted by atomic mass is 10.0. The van der Waals surface area contributed by atoms with E-state index in [1.54, 1.807) is 32.9 Å². The Hall–Kier alpha value is -3.02. The van der Waals surface area contributed by atoms with Crippen molar-refractivity contribution in [3.05, 3.63) is 59.7 Å². The van der Waals surface area contributed by atoms with E-state index in [0.717, 1.165) is 11.1 Å². The van der Waals surface area contributed by atoms with E-state index in [2.05, 4.69) is 10.6 Å². The van der Waals surface area contributed by atoms with Gasteiger partial charge in [-0.3, -0.25) is 4.79 Å². The number of benzene rings is 2. The molecular formula is C21H27N3O3. The van der Waals surface area contributed by atoms with Gasteiger partial charge in [-0.05, 0) is 57.5 Å². The van der Waals surface area contributed by atoms with Crippen LogP contribution in [0, 0.1) is 6.92 Å². The zero-order chi connectivity index (χ0) is 20.0. The largest absolute Gasteiger partial charge is 0.444 e. The number of carbonyl (C=O) groups excluding carboxylic acids is 2. The molecule has 0 saturated carbocycles. The molecule has 0 heterocycles. The van der Waals surface area contributed by atoms with Crippen molar-refractivity contribution >= 4 is 23.4 Å². The number of anilines is 2. The lowest BCUT2D eigenvalue weighted by Crippen LogP contribution is -2.47. The third-order valence-corrected chi connectivity index (χ3v) is 3.75. The molecule has 0 radical (unpaired) electrons. The van der Waals surface area contributed by atoms with E-state index in [1.807, 2.05) is 43.3 Å². The van der Waals surface area contributed by atoms with E-state index < -0.39 is 17.7 Å². The summed E-state index contributed by atoms with van der Waals surface area (Å²) < 4.78 is 5.29. The summed E-state index contributed by atoms with van der Waals surface area (Å²) >= 11 is 0. The lowest BCUT2D eigenvalue weighted by Gasteiger charge is -2.23. The molecule has 2 rings (SSSR count). The molecule has 0 aliphatic rings. The summed E-state index contributed by atoms with van der Waals surface area (Å²) in [6.45, 7) is 7.29. The van der Waals surface area contributed by atoms with Crippen LogP contribution in [-0.2, 0) is 16.0 Å². The highest BCUT2D eigenvalue weighted by Crippen LogP contribution is 2.13. The summed E-state index contributed by atoms with van der Waals surface area (Å²) in [6.07, 6.45) is -0.320. The molecule has 2 aromatic carbocycles. The molecule has 0 bridgehead atoms. The summed E-state index contributed by atoms with van der Waals surface area (Å²) in [5.74, 6) is -0.318. The summed E-state index contributed by atoms with van der Waals surface area (Å²) in [7, 11) is 0. The van der Waals surface area contributed by atoms with Crippen molar-refractivity contribution in [1.29, 1.82) is 0 Å². The number of alkyl carbamates (subject to hydrolysis) is 1. The second kappa shape index (κ2) is 8.58. The van der Waals surface area contributed by atoms with Crippen molar-refractivity contribution < 1.29 is 14.3 Å². The monoisotopic (exact) mass is 369 g/mol. The Bertz CT molecular complexity index is 778. The Kier molecular flexibility index (Phi) is 6.45. The molecule has 2 aromatic rings. The number of carbonyl (C=O) groups is 2. The zero-order valence-corrected chi connectivity index (χ0v) is 16.2. The number of nitrogen functional groups attached to an aromatic ring is 1. The highest BCUT2D eigenvalue weighted by molar-refractivity contribution is 5.96. The van der Waals surface area contributed by atoms with Crippen LogP contribution >= 0.6 is 0 Å². The van der Waals surface area contributed by atoms with Gasteiger partial charge >= 0.3 is 6.09 Å². The van der Waals surface area contributed by atoms with Crippen LogP contribution in [-0.4, -0.2) is 23.6 Å². The van der Waals surface area contributed by atoms with E-state index in [-0.39, 0.29) is 5.91 Å². The first-order valence-corrected chi connectivity index (χ1v) is 8.84. The van der Waals surface area contributed by atoms with Gasteiger partial charge in [-0.25, -0.2) is 4.79 Å². The average molecular weight is 369 g/mol. The van der Waals surface area contributed by atoms with Crippen molar-refractivity contribution in [2.45, 2.75) is 45.8 Å². The third-order valence-electron chi connectivity index (χ3n) is 3.75. The topological polar surface area (TPSA) is 93.5 Å². The van der Waals surface area contributed by atoms with Crippen LogP contribution in [0.2, 0.25) is 0 Å².